The highest BCUT2D eigenvalue weighted by Crippen LogP contribution is 2.33. The number of carbonyl (C=O) groups is 2. The van der Waals surface area contributed by atoms with Crippen molar-refractivity contribution < 1.29 is 19.4 Å². The number of nitrogens with one attached hydrogen (secondary N) is 2. The molecule has 2 unspecified atom stereocenters. The smallest absolute Gasteiger partial charge is 0.334 e. The van der Waals surface area contributed by atoms with Crippen LogP contribution in [0.4, 0.5) is 4.79 Å². The van der Waals surface area contributed by atoms with Crippen LogP contribution in [0.25, 0.3) is 0 Å². The molecule has 1 aliphatic carbocycles. The number of amides is 2. The summed E-state index contributed by atoms with van der Waals surface area (Å²) in [6.45, 7) is 1.91. The Morgan fingerprint density at radius 2 is 2.12 bits per heavy atom. The molecule has 0 aromatic carbocycles. The molecular formula is C11H20N2O4. The van der Waals surface area contributed by atoms with Gasteiger partial charge in [-0.2, -0.15) is 0 Å². The summed E-state index contributed by atoms with van der Waals surface area (Å²) in [5.74, 6) is -0.338. The Morgan fingerprint density at radius 3 is 2.59 bits per heavy atom. The van der Waals surface area contributed by atoms with Crippen molar-refractivity contribution in [2.45, 2.75) is 38.3 Å². The molecule has 0 aliphatic heterocycles. The summed E-state index contributed by atoms with van der Waals surface area (Å²) < 4.78 is 4.70. The van der Waals surface area contributed by atoms with Gasteiger partial charge in [0.15, 0.2) is 6.10 Å². The number of aliphatic carboxylic acids is 1. The SMILES string of the molecule is COC(CNC(=O)NC(C)CC1CC1)C(=O)O. The predicted molar refractivity (Wildman–Crippen MR) is 61.8 cm³/mol. The molecule has 2 atom stereocenters. The van der Waals surface area contributed by atoms with E-state index in [1.807, 2.05) is 6.92 Å². The average molecular weight is 244 g/mol. The van der Waals surface area contributed by atoms with Crippen LogP contribution in [0.15, 0.2) is 0 Å². The third-order valence-electron chi connectivity index (χ3n) is 2.77. The van der Waals surface area contributed by atoms with Gasteiger partial charge in [-0.3, -0.25) is 0 Å². The van der Waals surface area contributed by atoms with Crippen molar-refractivity contribution in [3.8, 4) is 0 Å². The number of hydrogen-bond donors (Lipinski definition) is 3. The highest BCUT2D eigenvalue weighted by atomic mass is 16.5. The van der Waals surface area contributed by atoms with Gasteiger partial charge in [-0.15, -0.1) is 0 Å². The second kappa shape index (κ2) is 6.44. The molecule has 98 valence electrons. The largest absolute Gasteiger partial charge is 0.479 e. The number of ether oxygens (including phenoxy) is 1. The molecule has 0 radical (unpaired) electrons. The Bertz CT molecular complexity index is 279. The first-order valence-electron chi connectivity index (χ1n) is 5.83. The molecule has 0 heterocycles. The van der Waals surface area contributed by atoms with Crippen LogP contribution in [0.5, 0.6) is 0 Å². The maximum atomic E-state index is 11.4. The van der Waals surface area contributed by atoms with Crippen LogP contribution in [0.1, 0.15) is 26.2 Å². The summed E-state index contributed by atoms with van der Waals surface area (Å²) in [6, 6.07) is -0.227. The zero-order chi connectivity index (χ0) is 12.8. The van der Waals surface area contributed by atoms with Gasteiger partial charge in [0.2, 0.25) is 0 Å². The molecule has 1 saturated carbocycles. The molecule has 0 saturated heterocycles. The van der Waals surface area contributed by atoms with E-state index in [0.29, 0.717) is 0 Å². The maximum absolute atomic E-state index is 11.4. The first-order valence-corrected chi connectivity index (χ1v) is 5.83. The van der Waals surface area contributed by atoms with Crippen LogP contribution in [-0.4, -0.2) is 42.9 Å². The third-order valence-corrected chi connectivity index (χ3v) is 2.77. The lowest BCUT2D eigenvalue weighted by Gasteiger charge is -2.16. The Kier molecular flexibility index (Phi) is 5.21. The Balaban J connectivity index is 2.16. The van der Waals surface area contributed by atoms with Crippen molar-refractivity contribution in [3.63, 3.8) is 0 Å². The number of carbonyl (C=O) groups excluding carboxylic acids is 1. The van der Waals surface area contributed by atoms with Gasteiger partial charge in [0.25, 0.3) is 0 Å². The molecule has 0 aromatic heterocycles. The first-order chi connectivity index (χ1) is 8.02. The van der Waals surface area contributed by atoms with Crippen LogP contribution < -0.4 is 10.6 Å². The predicted octanol–water partition coefficient (Wildman–Crippen LogP) is 0.574. The number of urea groups is 1. The molecule has 1 aliphatic rings. The number of carboxylic acids is 1. The summed E-state index contributed by atoms with van der Waals surface area (Å²) in [5, 5.41) is 14.0. The van der Waals surface area contributed by atoms with E-state index >= 15 is 0 Å². The fraction of sp³-hybridized carbons (Fsp3) is 0.818. The van der Waals surface area contributed by atoms with Crippen LogP contribution >= 0.6 is 0 Å². The van der Waals surface area contributed by atoms with E-state index in [4.69, 9.17) is 9.84 Å². The molecule has 6 heteroatoms. The fourth-order valence-corrected chi connectivity index (χ4v) is 1.64. The molecule has 0 bridgehead atoms. The third kappa shape index (κ3) is 5.53. The Hall–Kier alpha value is -1.30. The molecule has 6 nitrogen and oxygen atoms in total. The van der Waals surface area contributed by atoms with Gasteiger partial charge < -0.3 is 20.5 Å². The van der Waals surface area contributed by atoms with Crippen molar-refractivity contribution in [2.24, 2.45) is 5.92 Å². The van der Waals surface area contributed by atoms with E-state index in [9.17, 15) is 9.59 Å². The highest BCUT2D eigenvalue weighted by Gasteiger charge is 2.24. The van der Waals surface area contributed by atoms with E-state index in [0.717, 1.165) is 12.3 Å². The second-order valence-electron chi connectivity index (χ2n) is 4.50. The number of carboxylic acid groups (broad SMARTS) is 1. The van der Waals surface area contributed by atoms with Crippen molar-refractivity contribution >= 4 is 12.0 Å². The van der Waals surface area contributed by atoms with Gasteiger partial charge in [0.05, 0.1) is 6.54 Å². The molecular weight excluding hydrogens is 224 g/mol. The quantitative estimate of drug-likeness (QED) is 0.611. The van der Waals surface area contributed by atoms with Crippen molar-refractivity contribution in [1.29, 1.82) is 0 Å². The summed E-state index contributed by atoms with van der Waals surface area (Å²) in [5.41, 5.74) is 0. The van der Waals surface area contributed by atoms with E-state index in [1.54, 1.807) is 0 Å². The zero-order valence-electron chi connectivity index (χ0n) is 10.2. The number of hydrogen-bond acceptors (Lipinski definition) is 3. The van der Waals surface area contributed by atoms with Crippen molar-refractivity contribution in [1.82, 2.24) is 10.6 Å². The topological polar surface area (TPSA) is 87.7 Å². The summed E-state index contributed by atoms with van der Waals surface area (Å²) in [4.78, 5) is 22.0. The molecule has 1 fully saturated rings. The second-order valence-corrected chi connectivity index (χ2v) is 4.50. The zero-order valence-corrected chi connectivity index (χ0v) is 10.2. The molecule has 2 amide bonds. The monoisotopic (exact) mass is 244 g/mol. The Morgan fingerprint density at radius 1 is 1.47 bits per heavy atom. The summed E-state index contributed by atoms with van der Waals surface area (Å²) in [7, 11) is 1.30. The van der Waals surface area contributed by atoms with Crippen LogP contribution in [0, 0.1) is 5.92 Å². The van der Waals surface area contributed by atoms with Gasteiger partial charge >= 0.3 is 12.0 Å². The summed E-state index contributed by atoms with van der Waals surface area (Å²) >= 11 is 0. The minimum atomic E-state index is -1.08. The van der Waals surface area contributed by atoms with E-state index < -0.39 is 12.1 Å². The van der Waals surface area contributed by atoms with Gasteiger partial charge in [0, 0.05) is 13.2 Å². The average Bonchev–Trinajstić information content (AvgIpc) is 3.01. The van der Waals surface area contributed by atoms with Crippen LogP contribution in [-0.2, 0) is 9.53 Å². The summed E-state index contributed by atoms with van der Waals surface area (Å²) in [6.07, 6.45) is 2.48. The standard InChI is InChI=1S/C11H20N2O4/c1-7(5-8-3-4-8)13-11(16)12-6-9(17-2)10(14)15/h7-9H,3-6H2,1-2H3,(H,14,15)(H2,12,13,16). The molecule has 0 aromatic rings. The van der Waals surface area contributed by atoms with Gasteiger partial charge in [0.1, 0.15) is 0 Å². The van der Waals surface area contributed by atoms with Crippen molar-refractivity contribution in [3.05, 3.63) is 0 Å². The minimum absolute atomic E-state index is 0.0339. The number of methoxy groups -OCH3 is 1. The van der Waals surface area contributed by atoms with Gasteiger partial charge in [-0.05, 0) is 19.3 Å². The van der Waals surface area contributed by atoms with E-state index in [-0.39, 0.29) is 18.6 Å². The lowest BCUT2D eigenvalue weighted by molar-refractivity contribution is -0.147. The maximum Gasteiger partial charge on any atom is 0.334 e. The fourth-order valence-electron chi connectivity index (χ4n) is 1.64. The highest BCUT2D eigenvalue weighted by molar-refractivity contribution is 5.77. The molecule has 17 heavy (non-hydrogen) atoms. The molecule has 0 spiro atoms. The van der Waals surface area contributed by atoms with Crippen LogP contribution in [0.3, 0.4) is 0 Å². The minimum Gasteiger partial charge on any atom is -0.479 e. The number of rotatable bonds is 7. The van der Waals surface area contributed by atoms with E-state index in [1.165, 1.54) is 20.0 Å². The molecule has 1 rings (SSSR count). The first kappa shape index (κ1) is 13.8. The Labute approximate surface area is 101 Å². The van der Waals surface area contributed by atoms with Crippen LogP contribution in [0.2, 0.25) is 0 Å². The normalized spacial score (nSPS) is 18.2. The van der Waals surface area contributed by atoms with Gasteiger partial charge in [-0.25, -0.2) is 9.59 Å². The molecule has 3 N–H and O–H groups in total. The lowest BCUT2D eigenvalue weighted by atomic mass is 10.2. The van der Waals surface area contributed by atoms with E-state index in [2.05, 4.69) is 10.6 Å². The van der Waals surface area contributed by atoms with Gasteiger partial charge in [-0.1, -0.05) is 12.8 Å². The lowest BCUT2D eigenvalue weighted by Crippen LogP contribution is -2.45. The van der Waals surface area contributed by atoms with Crippen molar-refractivity contribution in [2.75, 3.05) is 13.7 Å².